The standard InChI is InChI=1S/C15H21NO4/c1-10(2)16-9-11-5-4-6-12(18-3)14(11)20-13-7-8-19-15(13)17/h4-6,10,13,16H,7-9H2,1-3H3. The van der Waals surface area contributed by atoms with E-state index >= 15 is 0 Å². The van der Waals surface area contributed by atoms with Crippen LogP contribution in [0.4, 0.5) is 0 Å². The van der Waals surface area contributed by atoms with E-state index in [0.29, 0.717) is 37.1 Å². The quantitative estimate of drug-likeness (QED) is 0.806. The summed E-state index contributed by atoms with van der Waals surface area (Å²) in [5, 5.41) is 3.34. The average molecular weight is 279 g/mol. The molecule has 110 valence electrons. The number of hydrogen-bond donors (Lipinski definition) is 1. The molecular formula is C15H21NO4. The third-order valence-electron chi connectivity index (χ3n) is 3.13. The Balaban J connectivity index is 2.20. The molecule has 1 aromatic carbocycles. The van der Waals surface area contributed by atoms with Gasteiger partial charge in [-0.3, -0.25) is 0 Å². The molecule has 1 fully saturated rings. The van der Waals surface area contributed by atoms with Gasteiger partial charge in [0.15, 0.2) is 17.6 Å². The predicted octanol–water partition coefficient (Wildman–Crippen LogP) is 1.89. The fourth-order valence-corrected chi connectivity index (χ4v) is 2.04. The number of carbonyl (C=O) groups excluding carboxylic acids is 1. The summed E-state index contributed by atoms with van der Waals surface area (Å²) in [7, 11) is 1.59. The molecule has 0 bridgehead atoms. The highest BCUT2D eigenvalue weighted by molar-refractivity contribution is 5.77. The SMILES string of the molecule is COc1cccc(CNC(C)C)c1OC1CCOC1=O. The molecule has 0 amide bonds. The highest BCUT2D eigenvalue weighted by Gasteiger charge is 2.30. The molecule has 5 nitrogen and oxygen atoms in total. The van der Waals surface area contributed by atoms with Crippen molar-refractivity contribution in [3.8, 4) is 11.5 Å². The van der Waals surface area contributed by atoms with Crippen LogP contribution < -0.4 is 14.8 Å². The van der Waals surface area contributed by atoms with Crippen LogP contribution in [0.2, 0.25) is 0 Å². The van der Waals surface area contributed by atoms with Crippen LogP contribution in [0.1, 0.15) is 25.8 Å². The Morgan fingerprint density at radius 1 is 1.45 bits per heavy atom. The number of nitrogens with one attached hydrogen (secondary N) is 1. The molecule has 1 N–H and O–H groups in total. The molecule has 0 saturated carbocycles. The molecule has 0 aliphatic carbocycles. The van der Waals surface area contributed by atoms with Crippen molar-refractivity contribution in [2.45, 2.75) is 39.0 Å². The average Bonchev–Trinajstić information content (AvgIpc) is 2.83. The van der Waals surface area contributed by atoms with Gasteiger partial charge in [0.1, 0.15) is 0 Å². The maximum Gasteiger partial charge on any atom is 0.347 e. The first-order valence-corrected chi connectivity index (χ1v) is 6.84. The largest absolute Gasteiger partial charge is 0.493 e. The van der Waals surface area contributed by atoms with Crippen molar-refractivity contribution >= 4 is 5.97 Å². The fourth-order valence-electron chi connectivity index (χ4n) is 2.04. The van der Waals surface area contributed by atoms with Gasteiger partial charge in [0.2, 0.25) is 0 Å². The van der Waals surface area contributed by atoms with Gasteiger partial charge >= 0.3 is 5.97 Å². The molecule has 0 spiro atoms. The van der Waals surface area contributed by atoms with Crippen molar-refractivity contribution in [1.29, 1.82) is 0 Å². The van der Waals surface area contributed by atoms with Gasteiger partial charge in [-0.15, -0.1) is 0 Å². The Bertz CT molecular complexity index is 473. The highest BCUT2D eigenvalue weighted by atomic mass is 16.6. The van der Waals surface area contributed by atoms with E-state index in [9.17, 15) is 4.79 Å². The molecule has 1 aliphatic heterocycles. The van der Waals surface area contributed by atoms with E-state index in [4.69, 9.17) is 14.2 Å². The summed E-state index contributed by atoms with van der Waals surface area (Å²) < 4.78 is 16.1. The van der Waals surface area contributed by atoms with Crippen LogP contribution in [0, 0.1) is 0 Å². The summed E-state index contributed by atoms with van der Waals surface area (Å²) in [4.78, 5) is 11.6. The van der Waals surface area contributed by atoms with E-state index in [1.807, 2.05) is 18.2 Å². The molecule has 1 aliphatic rings. The van der Waals surface area contributed by atoms with E-state index in [1.54, 1.807) is 7.11 Å². The number of hydrogen-bond acceptors (Lipinski definition) is 5. The van der Waals surface area contributed by atoms with E-state index in [-0.39, 0.29) is 5.97 Å². The van der Waals surface area contributed by atoms with E-state index < -0.39 is 6.10 Å². The zero-order valence-electron chi connectivity index (χ0n) is 12.1. The summed E-state index contributed by atoms with van der Waals surface area (Å²) >= 11 is 0. The molecule has 1 saturated heterocycles. The second-order valence-corrected chi connectivity index (χ2v) is 5.05. The van der Waals surface area contributed by atoms with Crippen LogP contribution in [-0.2, 0) is 16.1 Å². The highest BCUT2D eigenvalue weighted by Crippen LogP contribution is 2.33. The molecule has 1 heterocycles. The summed E-state index contributed by atoms with van der Waals surface area (Å²) in [5.74, 6) is 0.943. The molecule has 1 atom stereocenters. The summed E-state index contributed by atoms with van der Waals surface area (Å²) in [5.41, 5.74) is 0.970. The van der Waals surface area contributed by atoms with Gasteiger partial charge in [-0.05, 0) is 6.07 Å². The molecule has 2 rings (SSSR count). The summed E-state index contributed by atoms with van der Waals surface area (Å²) in [6.07, 6.45) is 0.0394. The van der Waals surface area contributed by atoms with Gasteiger partial charge in [0.25, 0.3) is 0 Å². The van der Waals surface area contributed by atoms with E-state index in [1.165, 1.54) is 0 Å². The van der Waals surface area contributed by atoms with Gasteiger partial charge in [-0.2, -0.15) is 0 Å². The topological polar surface area (TPSA) is 56.8 Å². The second-order valence-electron chi connectivity index (χ2n) is 5.05. The third-order valence-corrected chi connectivity index (χ3v) is 3.13. The first kappa shape index (κ1) is 14.7. The Kier molecular flexibility index (Phi) is 4.84. The first-order chi connectivity index (χ1) is 9.61. The summed E-state index contributed by atoms with van der Waals surface area (Å²) in [6, 6.07) is 6.07. The van der Waals surface area contributed by atoms with Crippen LogP contribution in [0.15, 0.2) is 18.2 Å². The number of para-hydroxylation sites is 1. The van der Waals surface area contributed by atoms with Crippen molar-refractivity contribution in [3.63, 3.8) is 0 Å². The lowest BCUT2D eigenvalue weighted by Gasteiger charge is -2.18. The number of rotatable bonds is 6. The van der Waals surface area contributed by atoms with Crippen LogP contribution in [-0.4, -0.2) is 31.8 Å². The number of benzene rings is 1. The molecule has 20 heavy (non-hydrogen) atoms. The van der Waals surface area contributed by atoms with Crippen molar-refractivity contribution < 1.29 is 19.0 Å². The minimum atomic E-state index is -0.538. The van der Waals surface area contributed by atoms with E-state index in [2.05, 4.69) is 19.2 Å². The number of ether oxygens (including phenoxy) is 3. The normalized spacial score (nSPS) is 18.2. The van der Waals surface area contributed by atoms with Crippen molar-refractivity contribution in [2.24, 2.45) is 0 Å². The lowest BCUT2D eigenvalue weighted by Crippen LogP contribution is -2.25. The molecular weight excluding hydrogens is 258 g/mol. The molecule has 1 aromatic rings. The predicted molar refractivity (Wildman–Crippen MR) is 75.0 cm³/mol. The fraction of sp³-hybridized carbons (Fsp3) is 0.533. The van der Waals surface area contributed by atoms with Gasteiger partial charge in [-0.25, -0.2) is 4.79 Å². The third kappa shape index (κ3) is 3.42. The van der Waals surface area contributed by atoms with Gasteiger partial charge in [0.05, 0.1) is 13.7 Å². The monoisotopic (exact) mass is 279 g/mol. The zero-order valence-corrected chi connectivity index (χ0v) is 12.1. The number of esters is 1. The lowest BCUT2D eigenvalue weighted by atomic mass is 10.1. The van der Waals surface area contributed by atoms with Crippen LogP contribution in [0.25, 0.3) is 0 Å². The lowest BCUT2D eigenvalue weighted by molar-refractivity contribution is -0.143. The van der Waals surface area contributed by atoms with Crippen molar-refractivity contribution in [3.05, 3.63) is 23.8 Å². The van der Waals surface area contributed by atoms with E-state index in [0.717, 1.165) is 5.56 Å². The molecule has 0 radical (unpaired) electrons. The Hall–Kier alpha value is -1.75. The van der Waals surface area contributed by atoms with Crippen LogP contribution >= 0.6 is 0 Å². The van der Waals surface area contributed by atoms with Crippen LogP contribution in [0.5, 0.6) is 11.5 Å². The summed E-state index contributed by atoms with van der Waals surface area (Å²) in [6.45, 7) is 5.23. The number of methoxy groups -OCH3 is 1. The smallest absolute Gasteiger partial charge is 0.347 e. The molecule has 1 unspecified atom stereocenters. The van der Waals surface area contributed by atoms with Gasteiger partial charge in [-0.1, -0.05) is 26.0 Å². The number of cyclic esters (lactones) is 1. The first-order valence-electron chi connectivity index (χ1n) is 6.84. The maximum absolute atomic E-state index is 11.6. The van der Waals surface area contributed by atoms with Gasteiger partial charge in [0, 0.05) is 24.6 Å². The minimum absolute atomic E-state index is 0.307. The zero-order chi connectivity index (χ0) is 14.5. The Labute approximate surface area is 119 Å². The molecule has 5 heteroatoms. The van der Waals surface area contributed by atoms with Gasteiger partial charge < -0.3 is 19.5 Å². The van der Waals surface area contributed by atoms with Crippen LogP contribution in [0.3, 0.4) is 0 Å². The number of carbonyl (C=O) groups is 1. The van der Waals surface area contributed by atoms with Crippen molar-refractivity contribution in [1.82, 2.24) is 5.32 Å². The maximum atomic E-state index is 11.6. The Morgan fingerprint density at radius 2 is 2.25 bits per heavy atom. The minimum Gasteiger partial charge on any atom is -0.493 e. The molecule has 0 aromatic heterocycles. The Morgan fingerprint density at radius 3 is 2.85 bits per heavy atom. The van der Waals surface area contributed by atoms with Crippen molar-refractivity contribution in [2.75, 3.05) is 13.7 Å². The second kappa shape index (κ2) is 6.61.